The van der Waals surface area contributed by atoms with Crippen LogP contribution in [0.3, 0.4) is 0 Å². The standard InChI is InChI=1S/C39H27BrO3/c1-39(2,41)34-22-26(40)17-18-27(34)23-19-24(28-11-7-13-32-30-9-3-5-15-35(30)42-37(28)32)21-25(20-23)29-12-8-14-33-31-10-4-6-16-36(31)43-38(29)33/h3-22,41H,1-2H3. The summed E-state index contributed by atoms with van der Waals surface area (Å²) in [4.78, 5) is 0. The summed E-state index contributed by atoms with van der Waals surface area (Å²) in [6, 6.07) is 41.7. The first kappa shape index (κ1) is 26.0. The van der Waals surface area contributed by atoms with Crippen LogP contribution in [0, 0.1) is 0 Å². The van der Waals surface area contributed by atoms with E-state index in [2.05, 4.69) is 88.7 Å². The van der Waals surface area contributed by atoms with Gasteiger partial charge in [-0.15, -0.1) is 0 Å². The van der Waals surface area contributed by atoms with E-state index < -0.39 is 5.60 Å². The van der Waals surface area contributed by atoms with E-state index in [1.807, 2.05) is 62.4 Å². The van der Waals surface area contributed by atoms with Crippen molar-refractivity contribution in [3.05, 3.63) is 131 Å². The molecular weight excluding hydrogens is 596 g/mol. The zero-order valence-corrected chi connectivity index (χ0v) is 25.3. The smallest absolute Gasteiger partial charge is 0.143 e. The van der Waals surface area contributed by atoms with Gasteiger partial charge >= 0.3 is 0 Å². The second-order valence-corrected chi connectivity index (χ2v) is 12.5. The molecule has 43 heavy (non-hydrogen) atoms. The summed E-state index contributed by atoms with van der Waals surface area (Å²) in [6.07, 6.45) is 0. The Morgan fingerprint density at radius 3 is 1.49 bits per heavy atom. The molecule has 4 heteroatoms. The molecule has 0 saturated carbocycles. The zero-order valence-electron chi connectivity index (χ0n) is 23.7. The van der Waals surface area contributed by atoms with Gasteiger partial charge in [-0.25, -0.2) is 0 Å². The number of hydrogen-bond donors (Lipinski definition) is 1. The number of aliphatic hydroxyl groups is 1. The highest BCUT2D eigenvalue weighted by atomic mass is 79.9. The maximum Gasteiger partial charge on any atom is 0.143 e. The van der Waals surface area contributed by atoms with Crippen molar-refractivity contribution < 1.29 is 13.9 Å². The first-order valence-corrected chi connectivity index (χ1v) is 15.1. The molecule has 2 aromatic heterocycles. The summed E-state index contributed by atoms with van der Waals surface area (Å²) < 4.78 is 13.9. The van der Waals surface area contributed by atoms with Crippen molar-refractivity contribution in [3.8, 4) is 33.4 Å². The molecule has 6 aromatic carbocycles. The Bertz CT molecular complexity index is 2220. The van der Waals surface area contributed by atoms with E-state index >= 15 is 0 Å². The fraction of sp³-hybridized carbons (Fsp3) is 0.0769. The molecule has 0 radical (unpaired) electrons. The molecule has 0 aliphatic heterocycles. The fourth-order valence-electron chi connectivity index (χ4n) is 6.32. The summed E-state index contributed by atoms with van der Waals surface area (Å²) in [5.41, 5.74) is 9.26. The van der Waals surface area contributed by atoms with E-state index in [0.29, 0.717) is 0 Å². The van der Waals surface area contributed by atoms with E-state index in [0.717, 1.165) is 87.3 Å². The lowest BCUT2D eigenvalue weighted by Crippen LogP contribution is -2.16. The molecular formula is C39H27BrO3. The minimum absolute atomic E-state index is 0.842. The summed E-state index contributed by atoms with van der Waals surface area (Å²) in [5, 5.41) is 15.6. The van der Waals surface area contributed by atoms with Gasteiger partial charge in [-0.05, 0) is 84.1 Å². The van der Waals surface area contributed by atoms with Crippen molar-refractivity contribution in [2.24, 2.45) is 0 Å². The number of para-hydroxylation sites is 4. The van der Waals surface area contributed by atoms with Crippen molar-refractivity contribution >= 4 is 59.8 Å². The highest BCUT2D eigenvalue weighted by molar-refractivity contribution is 9.10. The van der Waals surface area contributed by atoms with Crippen LogP contribution >= 0.6 is 15.9 Å². The van der Waals surface area contributed by atoms with Gasteiger partial charge in [0.15, 0.2) is 0 Å². The maximum absolute atomic E-state index is 11.2. The van der Waals surface area contributed by atoms with Gasteiger partial charge in [0.25, 0.3) is 0 Å². The molecule has 0 bridgehead atoms. The predicted molar refractivity (Wildman–Crippen MR) is 180 cm³/mol. The lowest BCUT2D eigenvalue weighted by molar-refractivity contribution is 0.0791. The Morgan fingerprint density at radius 2 is 0.977 bits per heavy atom. The topological polar surface area (TPSA) is 46.5 Å². The fourth-order valence-corrected chi connectivity index (χ4v) is 6.68. The van der Waals surface area contributed by atoms with E-state index in [-0.39, 0.29) is 0 Å². The SMILES string of the molecule is CC(C)(O)c1cc(Br)ccc1-c1cc(-c2cccc3c2oc2ccccc23)cc(-c2cccc3c2oc2ccccc23)c1. The van der Waals surface area contributed by atoms with Gasteiger partial charge in [-0.3, -0.25) is 0 Å². The number of halogens is 1. The van der Waals surface area contributed by atoms with Crippen LogP contribution in [0.25, 0.3) is 77.3 Å². The summed E-state index contributed by atoms with van der Waals surface area (Å²) in [5.74, 6) is 0. The predicted octanol–water partition coefficient (Wildman–Crippen LogP) is 11.5. The number of rotatable bonds is 4. The molecule has 0 unspecified atom stereocenters. The highest BCUT2D eigenvalue weighted by Crippen LogP contribution is 2.43. The van der Waals surface area contributed by atoms with Crippen LogP contribution in [-0.4, -0.2) is 5.11 Å². The molecule has 0 fully saturated rings. The first-order valence-electron chi connectivity index (χ1n) is 14.3. The van der Waals surface area contributed by atoms with Crippen LogP contribution in [0.4, 0.5) is 0 Å². The normalized spacial score (nSPS) is 12.2. The average Bonchev–Trinajstić information content (AvgIpc) is 3.59. The molecule has 0 aliphatic carbocycles. The number of fused-ring (bicyclic) bond motifs is 6. The lowest BCUT2D eigenvalue weighted by atomic mass is 9.86. The Balaban J connectivity index is 1.45. The molecule has 2 heterocycles. The molecule has 208 valence electrons. The van der Waals surface area contributed by atoms with Crippen LogP contribution in [0.5, 0.6) is 0 Å². The van der Waals surface area contributed by atoms with Gasteiger partial charge in [-0.1, -0.05) is 94.8 Å². The Hall–Kier alpha value is -4.64. The minimum Gasteiger partial charge on any atom is -0.455 e. The van der Waals surface area contributed by atoms with Crippen LogP contribution < -0.4 is 0 Å². The first-order chi connectivity index (χ1) is 20.8. The third-order valence-electron chi connectivity index (χ3n) is 8.32. The van der Waals surface area contributed by atoms with Gasteiger partial charge in [0, 0.05) is 37.1 Å². The molecule has 8 rings (SSSR count). The molecule has 0 saturated heterocycles. The summed E-state index contributed by atoms with van der Waals surface area (Å²) in [6.45, 7) is 3.65. The van der Waals surface area contributed by atoms with Crippen molar-refractivity contribution in [2.45, 2.75) is 19.4 Å². The molecule has 0 spiro atoms. The Labute approximate surface area is 257 Å². The van der Waals surface area contributed by atoms with Crippen LogP contribution in [0.15, 0.2) is 135 Å². The average molecular weight is 624 g/mol. The van der Waals surface area contributed by atoms with E-state index in [4.69, 9.17) is 8.83 Å². The molecule has 0 atom stereocenters. The largest absolute Gasteiger partial charge is 0.455 e. The lowest BCUT2D eigenvalue weighted by Gasteiger charge is -2.23. The van der Waals surface area contributed by atoms with Gasteiger partial charge in [0.2, 0.25) is 0 Å². The van der Waals surface area contributed by atoms with Gasteiger partial charge in [-0.2, -0.15) is 0 Å². The van der Waals surface area contributed by atoms with Gasteiger partial charge in [0.1, 0.15) is 22.3 Å². The second kappa shape index (κ2) is 9.70. The molecule has 0 aliphatic rings. The van der Waals surface area contributed by atoms with Gasteiger partial charge < -0.3 is 13.9 Å². The maximum atomic E-state index is 11.2. The Morgan fingerprint density at radius 1 is 0.512 bits per heavy atom. The van der Waals surface area contributed by atoms with Crippen molar-refractivity contribution in [1.82, 2.24) is 0 Å². The van der Waals surface area contributed by atoms with E-state index in [1.54, 1.807) is 0 Å². The van der Waals surface area contributed by atoms with Crippen LogP contribution in [0.2, 0.25) is 0 Å². The van der Waals surface area contributed by atoms with E-state index in [9.17, 15) is 5.11 Å². The number of furan rings is 2. The molecule has 1 N–H and O–H groups in total. The zero-order chi connectivity index (χ0) is 29.3. The number of benzene rings is 6. The minimum atomic E-state index is -1.05. The van der Waals surface area contributed by atoms with Crippen molar-refractivity contribution in [2.75, 3.05) is 0 Å². The summed E-state index contributed by atoms with van der Waals surface area (Å²) >= 11 is 3.62. The number of hydrogen-bond acceptors (Lipinski definition) is 3. The highest BCUT2D eigenvalue weighted by Gasteiger charge is 2.23. The monoisotopic (exact) mass is 622 g/mol. The van der Waals surface area contributed by atoms with Crippen LogP contribution in [0.1, 0.15) is 19.4 Å². The molecule has 3 nitrogen and oxygen atoms in total. The molecule has 8 aromatic rings. The molecule has 0 amide bonds. The van der Waals surface area contributed by atoms with Crippen LogP contribution in [-0.2, 0) is 5.60 Å². The second-order valence-electron chi connectivity index (χ2n) is 11.6. The summed E-state index contributed by atoms with van der Waals surface area (Å²) in [7, 11) is 0. The van der Waals surface area contributed by atoms with E-state index in [1.165, 1.54) is 0 Å². The van der Waals surface area contributed by atoms with Crippen molar-refractivity contribution in [1.29, 1.82) is 0 Å². The quantitative estimate of drug-likeness (QED) is 0.212. The third-order valence-corrected chi connectivity index (χ3v) is 8.81. The van der Waals surface area contributed by atoms with Crippen molar-refractivity contribution in [3.63, 3.8) is 0 Å². The van der Waals surface area contributed by atoms with Gasteiger partial charge in [0.05, 0.1) is 5.60 Å². The third kappa shape index (κ3) is 4.29. The Kier molecular flexibility index (Phi) is 5.87.